The van der Waals surface area contributed by atoms with Crippen LogP contribution >= 0.6 is 0 Å². The first-order chi connectivity index (χ1) is 10.2. The topological polar surface area (TPSA) is 16.1 Å². The minimum atomic E-state index is 0.981. The highest BCUT2D eigenvalue weighted by molar-refractivity contribution is 5.75. The molecule has 0 bridgehead atoms. The number of aromatic nitrogens is 1. The highest BCUT2D eigenvalue weighted by Crippen LogP contribution is 2.23. The second-order valence-corrected chi connectivity index (χ2v) is 5.54. The molecule has 0 N–H and O–H groups in total. The van der Waals surface area contributed by atoms with Gasteiger partial charge in [-0.25, -0.2) is 0 Å². The Bertz CT molecular complexity index is 529. The van der Waals surface area contributed by atoms with Gasteiger partial charge in [0, 0.05) is 30.7 Å². The summed E-state index contributed by atoms with van der Waals surface area (Å²) in [7, 11) is 0. The molecule has 0 unspecified atom stereocenters. The third-order valence-corrected chi connectivity index (χ3v) is 3.66. The fraction of sp³-hybridized carbons (Fsp3) is 0.421. The van der Waals surface area contributed by atoms with Crippen molar-refractivity contribution in [1.82, 2.24) is 9.88 Å². The molecule has 0 aliphatic heterocycles. The Morgan fingerprint density at radius 3 is 2.52 bits per heavy atom. The summed E-state index contributed by atoms with van der Waals surface area (Å²) in [4.78, 5) is 6.91. The van der Waals surface area contributed by atoms with Gasteiger partial charge in [0.25, 0.3) is 0 Å². The van der Waals surface area contributed by atoms with Crippen molar-refractivity contribution in [2.45, 2.75) is 40.0 Å². The van der Waals surface area contributed by atoms with Crippen LogP contribution in [0, 0.1) is 6.92 Å². The molecule has 1 heterocycles. The van der Waals surface area contributed by atoms with E-state index in [2.05, 4.69) is 60.2 Å². The Hall–Kier alpha value is -1.83. The van der Waals surface area contributed by atoms with Gasteiger partial charge in [-0.15, -0.1) is 0 Å². The second-order valence-electron chi connectivity index (χ2n) is 5.54. The highest BCUT2D eigenvalue weighted by Gasteiger charge is 2.09. The number of nitrogens with zero attached hydrogens (tertiary/aromatic N) is 2. The van der Waals surface area contributed by atoms with Crippen molar-refractivity contribution in [2.24, 2.45) is 0 Å². The van der Waals surface area contributed by atoms with E-state index in [4.69, 9.17) is 0 Å². The second kappa shape index (κ2) is 7.82. The number of hydrogen-bond acceptors (Lipinski definition) is 2. The van der Waals surface area contributed by atoms with E-state index < -0.39 is 0 Å². The first-order valence-electron chi connectivity index (χ1n) is 8.01. The van der Waals surface area contributed by atoms with Crippen molar-refractivity contribution in [1.29, 1.82) is 0 Å². The van der Waals surface area contributed by atoms with E-state index in [-0.39, 0.29) is 0 Å². The fourth-order valence-electron chi connectivity index (χ4n) is 2.60. The van der Waals surface area contributed by atoms with E-state index in [1.807, 2.05) is 13.1 Å². The Labute approximate surface area is 128 Å². The molecule has 0 aromatic carbocycles. The molecular formula is C19H26N2. The van der Waals surface area contributed by atoms with E-state index in [0.29, 0.717) is 0 Å². The van der Waals surface area contributed by atoms with Crippen molar-refractivity contribution in [3.8, 4) is 0 Å². The predicted molar refractivity (Wildman–Crippen MR) is 90.9 cm³/mol. The van der Waals surface area contributed by atoms with Gasteiger partial charge >= 0.3 is 0 Å². The van der Waals surface area contributed by atoms with Crippen molar-refractivity contribution >= 4 is 5.57 Å². The molecule has 112 valence electrons. The zero-order valence-electron chi connectivity index (χ0n) is 13.5. The van der Waals surface area contributed by atoms with Crippen LogP contribution in [0.15, 0.2) is 48.3 Å². The lowest BCUT2D eigenvalue weighted by Gasteiger charge is -2.25. The first-order valence-corrected chi connectivity index (χ1v) is 8.01. The molecule has 0 saturated heterocycles. The van der Waals surface area contributed by atoms with Crippen LogP contribution in [-0.2, 0) is 0 Å². The van der Waals surface area contributed by atoms with E-state index in [1.165, 1.54) is 29.7 Å². The molecule has 0 saturated carbocycles. The quantitative estimate of drug-likeness (QED) is 0.749. The summed E-state index contributed by atoms with van der Waals surface area (Å²) in [6, 6.07) is 4.25. The number of rotatable bonds is 6. The molecule has 0 fully saturated rings. The molecule has 0 amide bonds. The van der Waals surface area contributed by atoms with Gasteiger partial charge in [-0.3, -0.25) is 4.98 Å². The summed E-state index contributed by atoms with van der Waals surface area (Å²) < 4.78 is 0. The van der Waals surface area contributed by atoms with Gasteiger partial charge in [-0.05, 0) is 55.5 Å². The maximum atomic E-state index is 4.42. The fourth-order valence-corrected chi connectivity index (χ4v) is 2.60. The zero-order valence-corrected chi connectivity index (χ0v) is 13.5. The van der Waals surface area contributed by atoms with Crippen LogP contribution in [0.1, 0.15) is 44.4 Å². The van der Waals surface area contributed by atoms with Crippen molar-refractivity contribution in [2.75, 3.05) is 13.1 Å². The van der Waals surface area contributed by atoms with E-state index >= 15 is 0 Å². The maximum absolute atomic E-state index is 4.42. The van der Waals surface area contributed by atoms with Gasteiger partial charge in [0.1, 0.15) is 0 Å². The summed E-state index contributed by atoms with van der Waals surface area (Å²) >= 11 is 0. The van der Waals surface area contributed by atoms with Crippen LogP contribution < -0.4 is 0 Å². The Balaban J connectivity index is 2.28. The van der Waals surface area contributed by atoms with E-state index in [0.717, 1.165) is 25.2 Å². The molecule has 21 heavy (non-hydrogen) atoms. The number of hydrogen-bond donors (Lipinski definition) is 0. The van der Waals surface area contributed by atoms with Crippen LogP contribution in [0.4, 0.5) is 0 Å². The molecule has 0 radical (unpaired) electrons. The van der Waals surface area contributed by atoms with Gasteiger partial charge < -0.3 is 4.90 Å². The normalized spacial score (nSPS) is 14.4. The third kappa shape index (κ3) is 4.32. The summed E-state index contributed by atoms with van der Waals surface area (Å²) in [5, 5.41) is 0. The van der Waals surface area contributed by atoms with E-state index in [1.54, 1.807) is 0 Å². The molecule has 1 aromatic rings. The van der Waals surface area contributed by atoms with Crippen molar-refractivity contribution in [3.63, 3.8) is 0 Å². The monoisotopic (exact) mass is 282 g/mol. The van der Waals surface area contributed by atoms with Gasteiger partial charge in [-0.2, -0.15) is 0 Å². The lowest BCUT2D eigenvalue weighted by Crippen LogP contribution is -2.24. The summed E-state index contributed by atoms with van der Waals surface area (Å²) in [5.74, 6) is 0. The third-order valence-electron chi connectivity index (χ3n) is 3.66. The first kappa shape index (κ1) is 15.6. The summed E-state index contributed by atoms with van der Waals surface area (Å²) in [5.41, 5.74) is 4.87. The Kier molecular flexibility index (Phi) is 5.79. The number of allylic oxidation sites excluding steroid dienone is 5. The molecule has 0 atom stereocenters. The van der Waals surface area contributed by atoms with Crippen LogP contribution in [0.2, 0.25) is 0 Å². The molecule has 2 rings (SSSR count). The zero-order chi connectivity index (χ0) is 15.1. The lowest BCUT2D eigenvalue weighted by atomic mass is 10.1. The number of aryl methyl sites for hydroxylation is 1. The molecule has 1 aliphatic rings. The lowest BCUT2D eigenvalue weighted by molar-refractivity contribution is 0.355. The predicted octanol–water partition coefficient (Wildman–Crippen LogP) is 4.74. The van der Waals surface area contributed by atoms with Crippen LogP contribution in [0.25, 0.3) is 5.57 Å². The summed E-state index contributed by atoms with van der Waals surface area (Å²) in [6.45, 7) is 8.74. The van der Waals surface area contributed by atoms with Gasteiger partial charge in [-0.1, -0.05) is 32.1 Å². The smallest absolute Gasteiger partial charge is 0.0373 e. The van der Waals surface area contributed by atoms with Crippen LogP contribution in [-0.4, -0.2) is 23.0 Å². The average Bonchev–Trinajstić information content (AvgIpc) is 2.74. The average molecular weight is 282 g/mol. The minimum absolute atomic E-state index is 0.981. The molecule has 2 nitrogen and oxygen atoms in total. The largest absolute Gasteiger partial charge is 0.372 e. The molecular weight excluding hydrogens is 256 g/mol. The van der Waals surface area contributed by atoms with Gasteiger partial charge in [0.15, 0.2) is 0 Å². The van der Waals surface area contributed by atoms with E-state index in [9.17, 15) is 0 Å². The Morgan fingerprint density at radius 1 is 1.14 bits per heavy atom. The highest BCUT2D eigenvalue weighted by atomic mass is 15.1. The van der Waals surface area contributed by atoms with Crippen LogP contribution in [0.5, 0.6) is 0 Å². The molecule has 1 aliphatic carbocycles. The summed E-state index contributed by atoms with van der Waals surface area (Å²) in [6.07, 6.45) is 14.4. The van der Waals surface area contributed by atoms with Crippen molar-refractivity contribution < 1.29 is 0 Å². The molecule has 1 aromatic heterocycles. The van der Waals surface area contributed by atoms with Gasteiger partial charge in [0.05, 0.1) is 0 Å². The van der Waals surface area contributed by atoms with Crippen molar-refractivity contribution in [3.05, 3.63) is 59.6 Å². The molecule has 2 heteroatoms. The Morgan fingerprint density at radius 2 is 1.90 bits per heavy atom. The van der Waals surface area contributed by atoms with Crippen LogP contribution in [0.3, 0.4) is 0 Å². The standard InChI is InChI=1S/C19H26N2/c1-4-12-21(13-5-2)19-9-7-6-8-17(14-19)18-11-10-16(3)20-15-18/h7-11,14-15H,4-6,12-13H2,1-3H3. The number of pyridine rings is 1. The SMILES string of the molecule is CCCN(CCC)C1=CC(c2ccc(C)nc2)=CCC=C1. The minimum Gasteiger partial charge on any atom is -0.372 e. The maximum Gasteiger partial charge on any atom is 0.0373 e. The molecule has 0 spiro atoms. The van der Waals surface area contributed by atoms with Gasteiger partial charge in [0.2, 0.25) is 0 Å².